The highest BCUT2D eigenvalue weighted by molar-refractivity contribution is 5.94. The van der Waals surface area contributed by atoms with E-state index in [0.717, 1.165) is 39.0 Å². The van der Waals surface area contributed by atoms with Gasteiger partial charge in [-0.2, -0.15) is 0 Å². The molecule has 1 amide bonds. The maximum Gasteiger partial charge on any atom is 0.254 e. The Hall–Kier alpha value is -2.98. The lowest BCUT2D eigenvalue weighted by molar-refractivity contribution is 0.0588. The summed E-state index contributed by atoms with van der Waals surface area (Å²) in [7, 11) is 0. The van der Waals surface area contributed by atoms with E-state index in [1.807, 2.05) is 0 Å². The highest BCUT2D eigenvalue weighted by Gasteiger charge is 2.38. The van der Waals surface area contributed by atoms with Crippen molar-refractivity contribution in [3.05, 3.63) is 106 Å². The first-order chi connectivity index (χ1) is 18.0. The summed E-state index contributed by atoms with van der Waals surface area (Å²) in [5.41, 5.74) is 5.93. The van der Waals surface area contributed by atoms with Gasteiger partial charge in [-0.1, -0.05) is 73.4 Å². The molecule has 3 nitrogen and oxygen atoms in total. The number of likely N-dealkylation sites (tertiary alicyclic amines) is 1. The van der Waals surface area contributed by atoms with E-state index in [1.165, 1.54) is 53.6 Å². The van der Waals surface area contributed by atoms with Gasteiger partial charge in [-0.25, -0.2) is 4.39 Å². The topological polar surface area (TPSA) is 23.6 Å². The molecule has 0 aromatic heterocycles. The molecule has 1 saturated carbocycles. The third-order valence-corrected chi connectivity index (χ3v) is 8.43. The van der Waals surface area contributed by atoms with E-state index in [0.29, 0.717) is 17.4 Å². The van der Waals surface area contributed by atoms with Gasteiger partial charge in [-0.05, 0) is 73.6 Å². The molecule has 2 fully saturated rings. The second-order valence-corrected chi connectivity index (χ2v) is 11.2. The Morgan fingerprint density at radius 2 is 1.59 bits per heavy atom. The largest absolute Gasteiger partial charge is 0.335 e. The summed E-state index contributed by atoms with van der Waals surface area (Å²) in [6.45, 7) is 7.96. The Balaban J connectivity index is 1.42. The molecule has 1 saturated heterocycles. The first kappa shape index (κ1) is 25.7. The number of benzene rings is 3. The van der Waals surface area contributed by atoms with Gasteiger partial charge < -0.3 is 4.90 Å². The van der Waals surface area contributed by atoms with E-state index in [9.17, 15) is 9.18 Å². The first-order valence-corrected chi connectivity index (χ1v) is 13.9. The van der Waals surface area contributed by atoms with E-state index < -0.39 is 0 Å². The SMILES string of the molecule is Cc1ccc(CN2C[C@@H](CN(C(=O)c3ccc(F)cc3)C3CCCCC3)[C@@H](c3ccccc3C)C2)cc1. The minimum atomic E-state index is -0.303. The number of amides is 1. The zero-order chi connectivity index (χ0) is 25.8. The number of aryl methyl sites for hydroxylation is 2. The Labute approximate surface area is 221 Å². The molecule has 37 heavy (non-hydrogen) atoms. The van der Waals surface area contributed by atoms with Crippen LogP contribution < -0.4 is 0 Å². The van der Waals surface area contributed by atoms with E-state index >= 15 is 0 Å². The monoisotopic (exact) mass is 498 g/mol. The van der Waals surface area contributed by atoms with Crippen LogP contribution in [0.5, 0.6) is 0 Å². The van der Waals surface area contributed by atoms with Crippen LogP contribution in [0.1, 0.15) is 70.6 Å². The zero-order valence-corrected chi connectivity index (χ0v) is 22.2. The van der Waals surface area contributed by atoms with Crippen molar-refractivity contribution in [2.45, 2.75) is 64.5 Å². The standard InChI is InChI=1S/C33H39FN2O/c1-24-12-14-26(15-13-24)20-35-21-28(32(23-35)31-11-7-6-8-25(31)2)22-36(30-9-4-3-5-10-30)33(37)27-16-18-29(34)19-17-27/h6-8,11-19,28,30,32H,3-5,9-10,20-23H2,1-2H3/t28-,32-/m0/s1. The molecule has 0 N–H and O–H groups in total. The fourth-order valence-corrected chi connectivity index (χ4v) is 6.38. The molecule has 1 heterocycles. The molecule has 2 atom stereocenters. The van der Waals surface area contributed by atoms with Gasteiger partial charge in [0.05, 0.1) is 0 Å². The molecule has 0 spiro atoms. The molecule has 0 bridgehead atoms. The summed E-state index contributed by atoms with van der Waals surface area (Å²) >= 11 is 0. The van der Waals surface area contributed by atoms with Crippen molar-refractivity contribution < 1.29 is 9.18 Å². The van der Waals surface area contributed by atoms with Gasteiger partial charge in [-0.15, -0.1) is 0 Å². The summed E-state index contributed by atoms with van der Waals surface area (Å²) < 4.78 is 13.6. The third-order valence-electron chi connectivity index (χ3n) is 8.43. The number of nitrogens with zero attached hydrogens (tertiary/aromatic N) is 2. The van der Waals surface area contributed by atoms with E-state index in [1.54, 1.807) is 12.1 Å². The minimum Gasteiger partial charge on any atom is -0.335 e. The average Bonchev–Trinajstić information content (AvgIpc) is 3.31. The second-order valence-electron chi connectivity index (χ2n) is 11.2. The lowest BCUT2D eigenvalue weighted by Crippen LogP contribution is -2.45. The molecule has 2 aliphatic rings. The Kier molecular flexibility index (Phi) is 8.05. The van der Waals surface area contributed by atoms with Crippen molar-refractivity contribution in [1.29, 1.82) is 0 Å². The quantitative estimate of drug-likeness (QED) is 0.346. The van der Waals surface area contributed by atoms with Gasteiger partial charge in [0.25, 0.3) is 5.91 Å². The van der Waals surface area contributed by atoms with Crippen LogP contribution in [0, 0.1) is 25.6 Å². The molecular formula is C33H39FN2O. The summed E-state index contributed by atoms with van der Waals surface area (Å²) in [6.07, 6.45) is 5.70. The first-order valence-electron chi connectivity index (χ1n) is 13.9. The molecular weight excluding hydrogens is 459 g/mol. The van der Waals surface area contributed by atoms with Gasteiger partial charge in [-0.3, -0.25) is 9.69 Å². The number of rotatable bonds is 7. The van der Waals surface area contributed by atoms with Crippen molar-refractivity contribution in [3.63, 3.8) is 0 Å². The number of hydrogen-bond acceptors (Lipinski definition) is 2. The summed E-state index contributed by atoms with van der Waals surface area (Å²) in [5.74, 6) is 0.465. The summed E-state index contributed by atoms with van der Waals surface area (Å²) in [5, 5.41) is 0. The Morgan fingerprint density at radius 1 is 0.892 bits per heavy atom. The zero-order valence-electron chi connectivity index (χ0n) is 22.2. The van der Waals surface area contributed by atoms with Crippen LogP contribution >= 0.6 is 0 Å². The lowest BCUT2D eigenvalue weighted by Gasteiger charge is -2.37. The Morgan fingerprint density at radius 3 is 2.30 bits per heavy atom. The molecule has 1 aliphatic heterocycles. The number of hydrogen-bond donors (Lipinski definition) is 0. The van der Waals surface area contributed by atoms with Crippen LogP contribution in [0.2, 0.25) is 0 Å². The van der Waals surface area contributed by atoms with Gasteiger partial charge in [0.2, 0.25) is 0 Å². The van der Waals surface area contributed by atoms with Crippen LogP contribution in [-0.4, -0.2) is 41.4 Å². The number of halogens is 1. The normalized spacial score (nSPS) is 20.7. The maximum absolute atomic E-state index is 13.8. The molecule has 3 aromatic carbocycles. The fourth-order valence-electron chi connectivity index (χ4n) is 6.38. The van der Waals surface area contributed by atoms with Crippen LogP contribution in [0.4, 0.5) is 4.39 Å². The smallest absolute Gasteiger partial charge is 0.254 e. The molecule has 5 rings (SSSR count). The van der Waals surface area contributed by atoms with Crippen LogP contribution in [0.25, 0.3) is 0 Å². The molecule has 3 aromatic rings. The van der Waals surface area contributed by atoms with E-state index in [-0.39, 0.29) is 17.8 Å². The van der Waals surface area contributed by atoms with Gasteiger partial charge >= 0.3 is 0 Å². The number of carbonyl (C=O) groups is 1. The van der Waals surface area contributed by atoms with Crippen molar-refractivity contribution in [1.82, 2.24) is 9.80 Å². The second kappa shape index (κ2) is 11.6. The molecule has 194 valence electrons. The van der Waals surface area contributed by atoms with Crippen LogP contribution in [-0.2, 0) is 6.54 Å². The lowest BCUT2D eigenvalue weighted by atomic mass is 9.85. The van der Waals surface area contributed by atoms with Crippen molar-refractivity contribution in [2.24, 2.45) is 5.92 Å². The van der Waals surface area contributed by atoms with Gasteiger partial charge in [0, 0.05) is 43.7 Å². The molecule has 0 unspecified atom stereocenters. The highest BCUT2D eigenvalue weighted by atomic mass is 19.1. The van der Waals surface area contributed by atoms with E-state index in [4.69, 9.17) is 0 Å². The summed E-state index contributed by atoms with van der Waals surface area (Å²) in [6, 6.07) is 23.9. The molecule has 0 radical (unpaired) electrons. The van der Waals surface area contributed by atoms with E-state index in [2.05, 4.69) is 72.2 Å². The van der Waals surface area contributed by atoms with Crippen molar-refractivity contribution in [3.8, 4) is 0 Å². The van der Waals surface area contributed by atoms with Gasteiger partial charge in [0.1, 0.15) is 5.82 Å². The Bertz CT molecular complexity index is 1180. The molecule has 4 heteroatoms. The van der Waals surface area contributed by atoms with Crippen LogP contribution in [0.3, 0.4) is 0 Å². The fraction of sp³-hybridized carbons (Fsp3) is 0.424. The maximum atomic E-state index is 13.8. The van der Waals surface area contributed by atoms with Gasteiger partial charge in [0.15, 0.2) is 0 Å². The van der Waals surface area contributed by atoms with Crippen molar-refractivity contribution in [2.75, 3.05) is 19.6 Å². The number of carbonyl (C=O) groups excluding carboxylic acids is 1. The molecule has 1 aliphatic carbocycles. The predicted molar refractivity (Wildman–Crippen MR) is 148 cm³/mol. The summed E-state index contributed by atoms with van der Waals surface area (Å²) in [4.78, 5) is 18.6. The highest BCUT2D eigenvalue weighted by Crippen LogP contribution is 2.37. The van der Waals surface area contributed by atoms with Crippen LogP contribution in [0.15, 0.2) is 72.8 Å². The third kappa shape index (κ3) is 6.13. The van der Waals surface area contributed by atoms with Crippen molar-refractivity contribution >= 4 is 5.91 Å². The predicted octanol–water partition coefficient (Wildman–Crippen LogP) is 7.13. The average molecular weight is 499 g/mol. The minimum absolute atomic E-state index is 0.0485.